The van der Waals surface area contributed by atoms with Gasteiger partial charge in [0.25, 0.3) is 0 Å². The Morgan fingerprint density at radius 3 is 2.95 bits per heavy atom. The third-order valence-electron chi connectivity index (χ3n) is 3.85. The number of rotatable bonds is 6. The van der Waals surface area contributed by atoms with Crippen LogP contribution in [-0.2, 0) is 4.74 Å². The van der Waals surface area contributed by atoms with E-state index in [1.54, 1.807) is 0 Å². The fourth-order valence-electron chi connectivity index (χ4n) is 2.68. The smallest absolute Gasteiger partial charge is 0.0576 e. The quantitative estimate of drug-likeness (QED) is 0.838. The van der Waals surface area contributed by atoms with Crippen molar-refractivity contribution in [3.63, 3.8) is 0 Å². The first-order valence-electron chi connectivity index (χ1n) is 7.31. The van der Waals surface area contributed by atoms with Crippen LogP contribution in [0.4, 0.5) is 0 Å². The molecule has 0 amide bonds. The Morgan fingerprint density at radius 1 is 1.47 bits per heavy atom. The molecule has 0 radical (unpaired) electrons. The van der Waals surface area contributed by atoms with Gasteiger partial charge in [-0.15, -0.1) is 0 Å². The summed E-state index contributed by atoms with van der Waals surface area (Å²) in [5, 5.41) is 3.59. The van der Waals surface area contributed by atoms with Gasteiger partial charge >= 0.3 is 0 Å². The maximum atomic E-state index is 5.72. The first-order chi connectivity index (χ1) is 9.20. The molecule has 2 unspecified atom stereocenters. The van der Waals surface area contributed by atoms with Crippen molar-refractivity contribution in [1.82, 2.24) is 5.32 Å². The van der Waals surface area contributed by atoms with Crippen LogP contribution in [0.3, 0.4) is 0 Å². The number of aryl methyl sites for hydroxylation is 1. The third kappa shape index (κ3) is 4.30. The summed E-state index contributed by atoms with van der Waals surface area (Å²) in [5.41, 5.74) is 2.66. The minimum Gasteiger partial charge on any atom is -0.378 e. The highest BCUT2D eigenvalue weighted by atomic mass is 79.9. The largest absolute Gasteiger partial charge is 0.378 e. The highest BCUT2D eigenvalue weighted by Gasteiger charge is 2.18. The second kappa shape index (κ2) is 7.41. The van der Waals surface area contributed by atoms with Crippen molar-refractivity contribution in [3.8, 4) is 0 Å². The van der Waals surface area contributed by atoms with E-state index in [-0.39, 0.29) is 0 Å². The monoisotopic (exact) mass is 325 g/mol. The lowest BCUT2D eigenvalue weighted by Gasteiger charge is -2.20. The zero-order valence-electron chi connectivity index (χ0n) is 11.9. The molecule has 1 N–H and O–H groups in total. The third-order valence-corrected chi connectivity index (χ3v) is 4.70. The Morgan fingerprint density at radius 2 is 2.32 bits per heavy atom. The molecule has 1 aromatic rings. The van der Waals surface area contributed by atoms with Gasteiger partial charge in [-0.05, 0) is 56.3 Å². The second-order valence-corrected chi connectivity index (χ2v) is 6.19. The average molecular weight is 326 g/mol. The molecule has 19 heavy (non-hydrogen) atoms. The molecule has 2 nitrogen and oxygen atoms in total. The number of nitrogens with one attached hydrogen (secondary N) is 1. The topological polar surface area (TPSA) is 21.3 Å². The Hall–Kier alpha value is -0.380. The van der Waals surface area contributed by atoms with Crippen LogP contribution in [0.15, 0.2) is 22.7 Å². The van der Waals surface area contributed by atoms with Gasteiger partial charge in [-0.3, -0.25) is 0 Å². The van der Waals surface area contributed by atoms with E-state index in [2.05, 4.69) is 53.3 Å². The number of hydrogen-bond donors (Lipinski definition) is 1. The molecular weight excluding hydrogens is 302 g/mol. The normalized spacial score (nSPS) is 20.7. The summed E-state index contributed by atoms with van der Waals surface area (Å²) in [7, 11) is 0. The number of benzene rings is 1. The molecule has 1 fully saturated rings. The van der Waals surface area contributed by atoms with Crippen LogP contribution in [0.1, 0.15) is 49.8 Å². The lowest BCUT2D eigenvalue weighted by molar-refractivity contribution is 0.0996. The highest BCUT2D eigenvalue weighted by Crippen LogP contribution is 2.27. The average Bonchev–Trinajstić information content (AvgIpc) is 2.91. The lowest BCUT2D eigenvalue weighted by Crippen LogP contribution is -2.22. The number of halogens is 1. The zero-order chi connectivity index (χ0) is 13.7. The van der Waals surface area contributed by atoms with Gasteiger partial charge < -0.3 is 10.1 Å². The molecule has 1 heterocycles. The van der Waals surface area contributed by atoms with Crippen molar-refractivity contribution in [2.45, 2.75) is 51.7 Å². The maximum absolute atomic E-state index is 5.72. The standard InChI is InChI=1S/C16H24BrNO/c1-3-18-16(9-8-14-5-4-10-19-14)13-7-6-12(2)15(17)11-13/h6-7,11,14,16,18H,3-5,8-10H2,1-2H3. The van der Waals surface area contributed by atoms with Crippen molar-refractivity contribution >= 4 is 15.9 Å². The molecule has 0 bridgehead atoms. The first kappa shape index (κ1) is 15.0. The predicted molar refractivity (Wildman–Crippen MR) is 83.5 cm³/mol. The highest BCUT2D eigenvalue weighted by molar-refractivity contribution is 9.10. The molecule has 0 saturated carbocycles. The van der Waals surface area contributed by atoms with E-state index in [1.807, 2.05) is 0 Å². The summed E-state index contributed by atoms with van der Waals surface area (Å²) in [5.74, 6) is 0. The molecule has 0 aliphatic carbocycles. The summed E-state index contributed by atoms with van der Waals surface area (Å²) >= 11 is 3.63. The van der Waals surface area contributed by atoms with Gasteiger partial charge in [0.2, 0.25) is 0 Å². The van der Waals surface area contributed by atoms with Gasteiger partial charge in [-0.25, -0.2) is 0 Å². The minimum absolute atomic E-state index is 0.436. The molecule has 0 spiro atoms. The Bertz CT molecular complexity index is 402. The molecule has 3 heteroatoms. The van der Waals surface area contributed by atoms with Crippen LogP contribution in [0.5, 0.6) is 0 Å². The van der Waals surface area contributed by atoms with E-state index in [1.165, 1.54) is 28.4 Å². The van der Waals surface area contributed by atoms with Gasteiger partial charge in [0, 0.05) is 17.1 Å². The Balaban J connectivity index is 1.99. The van der Waals surface area contributed by atoms with Crippen LogP contribution in [-0.4, -0.2) is 19.3 Å². The SMILES string of the molecule is CCNC(CCC1CCCO1)c1ccc(C)c(Br)c1. The van der Waals surface area contributed by atoms with Crippen molar-refractivity contribution in [3.05, 3.63) is 33.8 Å². The maximum Gasteiger partial charge on any atom is 0.0576 e. The second-order valence-electron chi connectivity index (χ2n) is 5.33. The van der Waals surface area contributed by atoms with Crippen LogP contribution >= 0.6 is 15.9 Å². The Labute approximate surface area is 125 Å². The van der Waals surface area contributed by atoms with E-state index >= 15 is 0 Å². The van der Waals surface area contributed by atoms with E-state index in [0.29, 0.717) is 12.1 Å². The van der Waals surface area contributed by atoms with Crippen LogP contribution < -0.4 is 5.32 Å². The molecule has 1 saturated heterocycles. The minimum atomic E-state index is 0.436. The lowest BCUT2D eigenvalue weighted by atomic mass is 9.98. The van der Waals surface area contributed by atoms with Gasteiger partial charge in [0.15, 0.2) is 0 Å². The van der Waals surface area contributed by atoms with Crippen molar-refractivity contribution in [2.75, 3.05) is 13.2 Å². The predicted octanol–water partition coefficient (Wildman–Crippen LogP) is 4.37. The van der Waals surface area contributed by atoms with E-state index < -0.39 is 0 Å². The van der Waals surface area contributed by atoms with E-state index in [0.717, 1.165) is 26.0 Å². The summed E-state index contributed by atoms with van der Waals surface area (Å²) in [4.78, 5) is 0. The van der Waals surface area contributed by atoms with Crippen molar-refractivity contribution < 1.29 is 4.74 Å². The summed E-state index contributed by atoms with van der Waals surface area (Å²) in [6.07, 6.45) is 5.25. The van der Waals surface area contributed by atoms with Gasteiger partial charge in [0.05, 0.1) is 6.10 Å². The molecule has 2 atom stereocenters. The fourth-order valence-corrected chi connectivity index (χ4v) is 3.08. The molecule has 1 aromatic carbocycles. The summed E-state index contributed by atoms with van der Waals surface area (Å²) in [6, 6.07) is 7.11. The molecule has 2 rings (SSSR count). The first-order valence-corrected chi connectivity index (χ1v) is 8.11. The van der Waals surface area contributed by atoms with Crippen LogP contribution in [0.25, 0.3) is 0 Å². The molecule has 106 valence electrons. The number of ether oxygens (including phenoxy) is 1. The van der Waals surface area contributed by atoms with E-state index in [4.69, 9.17) is 4.74 Å². The van der Waals surface area contributed by atoms with Gasteiger partial charge in [0.1, 0.15) is 0 Å². The molecule has 1 aliphatic heterocycles. The molecule has 0 aromatic heterocycles. The van der Waals surface area contributed by atoms with Crippen LogP contribution in [0, 0.1) is 6.92 Å². The summed E-state index contributed by atoms with van der Waals surface area (Å²) in [6.45, 7) is 6.25. The Kier molecular flexibility index (Phi) is 5.86. The van der Waals surface area contributed by atoms with Crippen molar-refractivity contribution in [1.29, 1.82) is 0 Å². The van der Waals surface area contributed by atoms with Gasteiger partial charge in [-0.1, -0.05) is 35.0 Å². The molecule has 1 aliphatic rings. The summed E-state index contributed by atoms with van der Waals surface area (Å²) < 4.78 is 6.92. The van der Waals surface area contributed by atoms with E-state index in [9.17, 15) is 0 Å². The molecular formula is C16H24BrNO. The number of hydrogen-bond acceptors (Lipinski definition) is 2. The van der Waals surface area contributed by atoms with Gasteiger partial charge in [-0.2, -0.15) is 0 Å². The zero-order valence-corrected chi connectivity index (χ0v) is 13.5. The van der Waals surface area contributed by atoms with Crippen molar-refractivity contribution in [2.24, 2.45) is 0 Å². The van der Waals surface area contributed by atoms with Crippen LogP contribution in [0.2, 0.25) is 0 Å². The fraction of sp³-hybridized carbons (Fsp3) is 0.625.